The first kappa shape index (κ1) is 22.9. The van der Waals surface area contributed by atoms with Gasteiger partial charge in [0, 0.05) is 0 Å². The van der Waals surface area contributed by atoms with Gasteiger partial charge in [0.2, 0.25) is 10.0 Å². The van der Waals surface area contributed by atoms with E-state index in [1.165, 1.54) is 18.3 Å². The van der Waals surface area contributed by atoms with Crippen LogP contribution in [0.1, 0.15) is 21.5 Å². The van der Waals surface area contributed by atoms with Crippen LogP contribution in [0, 0.1) is 6.92 Å². The van der Waals surface area contributed by atoms with Gasteiger partial charge in [-0.1, -0.05) is 35.9 Å². The van der Waals surface area contributed by atoms with Crippen molar-refractivity contribution in [2.24, 2.45) is 5.10 Å². The molecule has 0 saturated carbocycles. The Bertz CT molecular complexity index is 1220. The van der Waals surface area contributed by atoms with Crippen LogP contribution >= 0.6 is 0 Å². The van der Waals surface area contributed by atoms with Gasteiger partial charge >= 0.3 is 5.97 Å². The molecule has 0 saturated heterocycles. The zero-order valence-electron chi connectivity index (χ0n) is 17.2. The number of nitrogens with zero attached hydrogens (tertiary/aromatic N) is 1. The molecule has 0 aliphatic heterocycles. The van der Waals surface area contributed by atoms with E-state index in [4.69, 9.17) is 4.74 Å². The second-order valence-electron chi connectivity index (χ2n) is 6.76. The first-order chi connectivity index (χ1) is 15.3. The summed E-state index contributed by atoms with van der Waals surface area (Å²) >= 11 is 0. The second kappa shape index (κ2) is 10.5. The average Bonchev–Trinajstić information content (AvgIpc) is 2.79. The first-order valence-electron chi connectivity index (χ1n) is 9.59. The molecular formula is C23H21N3O5S. The molecule has 164 valence electrons. The van der Waals surface area contributed by atoms with E-state index in [1.807, 2.05) is 13.0 Å². The molecule has 0 bridgehead atoms. The van der Waals surface area contributed by atoms with Gasteiger partial charge in [0.05, 0.1) is 23.2 Å². The Morgan fingerprint density at radius 1 is 0.969 bits per heavy atom. The fourth-order valence-corrected chi connectivity index (χ4v) is 3.63. The summed E-state index contributed by atoms with van der Waals surface area (Å²) in [7, 11) is -3.77. The van der Waals surface area contributed by atoms with E-state index >= 15 is 0 Å². The number of hydrogen-bond acceptors (Lipinski definition) is 6. The molecular weight excluding hydrogens is 430 g/mol. The van der Waals surface area contributed by atoms with Crippen LogP contribution in [0.4, 0.5) is 0 Å². The minimum absolute atomic E-state index is 0.0690. The molecule has 0 unspecified atom stereocenters. The quantitative estimate of drug-likeness (QED) is 0.237. The van der Waals surface area contributed by atoms with Crippen molar-refractivity contribution in [3.05, 3.63) is 95.6 Å². The molecule has 1 amide bonds. The van der Waals surface area contributed by atoms with Crippen molar-refractivity contribution in [2.75, 3.05) is 6.54 Å². The molecule has 8 nitrogen and oxygen atoms in total. The van der Waals surface area contributed by atoms with Gasteiger partial charge in [0.25, 0.3) is 5.91 Å². The number of hydrogen-bond donors (Lipinski definition) is 2. The maximum Gasteiger partial charge on any atom is 0.343 e. The predicted molar refractivity (Wildman–Crippen MR) is 120 cm³/mol. The number of carbonyl (C=O) groups is 2. The van der Waals surface area contributed by atoms with E-state index in [2.05, 4.69) is 15.2 Å². The number of aryl methyl sites for hydroxylation is 1. The van der Waals surface area contributed by atoms with Crippen LogP contribution < -0.4 is 14.9 Å². The number of rotatable bonds is 8. The number of esters is 1. The fraction of sp³-hybridized carbons (Fsp3) is 0.0870. The minimum atomic E-state index is -3.77. The van der Waals surface area contributed by atoms with Crippen molar-refractivity contribution >= 4 is 28.1 Å². The predicted octanol–water partition coefficient (Wildman–Crippen LogP) is 2.64. The van der Waals surface area contributed by atoms with Crippen molar-refractivity contribution in [3.8, 4) is 5.75 Å². The molecule has 0 radical (unpaired) electrons. The smallest absolute Gasteiger partial charge is 0.343 e. The number of ether oxygens (including phenoxy) is 1. The molecule has 0 fully saturated rings. The van der Waals surface area contributed by atoms with Crippen molar-refractivity contribution in [1.82, 2.24) is 10.1 Å². The van der Waals surface area contributed by atoms with Gasteiger partial charge in [-0.25, -0.2) is 23.4 Å². The molecule has 0 heterocycles. The van der Waals surface area contributed by atoms with E-state index in [-0.39, 0.29) is 4.90 Å². The van der Waals surface area contributed by atoms with Gasteiger partial charge in [-0.15, -0.1) is 0 Å². The Kier molecular flexibility index (Phi) is 7.48. The Morgan fingerprint density at radius 3 is 2.38 bits per heavy atom. The summed E-state index contributed by atoms with van der Waals surface area (Å²) in [5.41, 5.74) is 4.31. The third-order valence-electron chi connectivity index (χ3n) is 4.22. The highest BCUT2D eigenvalue weighted by Crippen LogP contribution is 2.14. The summed E-state index contributed by atoms with van der Waals surface area (Å²) in [4.78, 5) is 24.1. The van der Waals surface area contributed by atoms with Crippen molar-refractivity contribution in [2.45, 2.75) is 11.8 Å². The number of amides is 1. The largest absolute Gasteiger partial charge is 0.423 e. The third-order valence-corrected chi connectivity index (χ3v) is 5.64. The molecule has 0 aliphatic carbocycles. The summed E-state index contributed by atoms with van der Waals surface area (Å²) in [6, 6.07) is 21.4. The van der Waals surface area contributed by atoms with Crippen LogP contribution in [-0.2, 0) is 14.8 Å². The lowest BCUT2D eigenvalue weighted by molar-refractivity contribution is -0.119. The van der Waals surface area contributed by atoms with E-state index in [0.29, 0.717) is 16.9 Å². The molecule has 3 aromatic carbocycles. The highest BCUT2D eigenvalue weighted by atomic mass is 32.2. The van der Waals surface area contributed by atoms with Crippen LogP contribution in [0.2, 0.25) is 0 Å². The number of sulfonamides is 1. The second-order valence-corrected chi connectivity index (χ2v) is 8.53. The van der Waals surface area contributed by atoms with E-state index < -0.39 is 28.4 Å². The first-order valence-corrected chi connectivity index (χ1v) is 11.1. The lowest BCUT2D eigenvalue weighted by atomic mass is 10.1. The molecule has 3 aromatic rings. The third kappa shape index (κ3) is 6.59. The Hall–Kier alpha value is -3.82. The van der Waals surface area contributed by atoms with Gasteiger partial charge in [0.1, 0.15) is 5.75 Å². The summed E-state index contributed by atoms with van der Waals surface area (Å²) in [5, 5.41) is 3.80. The summed E-state index contributed by atoms with van der Waals surface area (Å²) in [5.74, 6) is -0.710. The molecule has 9 heteroatoms. The number of hydrazone groups is 1. The molecule has 0 spiro atoms. The lowest BCUT2D eigenvalue weighted by Gasteiger charge is -2.06. The molecule has 2 N–H and O–H groups in total. The SMILES string of the molecule is Cc1cccc(C(=O)Oc2ccc(/C=N\NC(=O)CNS(=O)(=O)c3ccccc3)cc2)c1. The Labute approximate surface area is 186 Å². The van der Waals surface area contributed by atoms with E-state index in [1.54, 1.807) is 60.7 Å². The zero-order valence-corrected chi connectivity index (χ0v) is 18.0. The van der Waals surface area contributed by atoms with Crippen LogP contribution in [0.25, 0.3) is 0 Å². The van der Waals surface area contributed by atoms with Crippen LogP contribution in [0.15, 0.2) is 88.9 Å². The van der Waals surface area contributed by atoms with Crippen LogP contribution in [-0.4, -0.2) is 33.1 Å². The fourth-order valence-electron chi connectivity index (χ4n) is 2.62. The van der Waals surface area contributed by atoms with Gasteiger partial charge < -0.3 is 4.74 Å². The highest BCUT2D eigenvalue weighted by Gasteiger charge is 2.14. The molecule has 0 aliphatic rings. The standard InChI is InChI=1S/C23H21N3O5S/c1-17-6-5-7-19(14-17)23(28)31-20-12-10-18(11-13-20)15-24-26-22(27)16-25-32(29,30)21-8-3-2-4-9-21/h2-15,25H,16H2,1H3,(H,26,27)/b24-15-. The maximum absolute atomic E-state index is 12.2. The summed E-state index contributed by atoms with van der Waals surface area (Å²) in [6.07, 6.45) is 1.38. The van der Waals surface area contributed by atoms with Gasteiger partial charge in [0.15, 0.2) is 0 Å². The Balaban J connectivity index is 1.48. The van der Waals surface area contributed by atoms with Crippen molar-refractivity contribution in [3.63, 3.8) is 0 Å². The zero-order chi connectivity index (χ0) is 23.0. The normalized spacial score (nSPS) is 11.3. The molecule has 32 heavy (non-hydrogen) atoms. The maximum atomic E-state index is 12.2. The lowest BCUT2D eigenvalue weighted by Crippen LogP contribution is -2.34. The average molecular weight is 452 g/mol. The Morgan fingerprint density at radius 2 is 1.69 bits per heavy atom. The van der Waals surface area contributed by atoms with Gasteiger partial charge in [-0.3, -0.25) is 4.79 Å². The van der Waals surface area contributed by atoms with Crippen molar-refractivity contribution < 1.29 is 22.7 Å². The summed E-state index contributed by atoms with van der Waals surface area (Å²) < 4.78 is 31.7. The molecule has 0 aromatic heterocycles. The number of nitrogens with one attached hydrogen (secondary N) is 2. The topological polar surface area (TPSA) is 114 Å². The monoisotopic (exact) mass is 451 g/mol. The van der Waals surface area contributed by atoms with E-state index in [0.717, 1.165) is 5.56 Å². The highest BCUT2D eigenvalue weighted by molar-refractivity contribution is 7.89. The number of benzene rings is 3. The number of carbonyl (C=O) groups excluding carboxylic acids is 2. The van der Waals surface area contributed by atoms with Crippen LogP contribution in [0.3, 0.4) is 0 Å². The van der Waals surface area contributed by atoms with Gasteiger partial charge in [-0.05, 0) is 61.0 Å². The summed E-state index contributed by atoms with van der Waals surface area (Å²) in [6.45, 7) is 1.43. The van der Waals surface area contributed by atoms with Crippen LogP contribution in [0.5, 0.6) is 5.75 Å². The minimum Gasteiger partial charge on any atom is -0.423 e. The van der Waals surface area contributed by atoms with Crippen molar-refractivity contribution in [1.29, 1.82) is 0 Å². The molecule has 3 rings (SSSR count). The van der Waals surface area contributed by atoms with Gasteiger partial charge in [-0.2, -0.15) is 5.10 Å². The van der Waals surface area contributed by atoms with E-state index in [9.17, 15) is 18.0 Å². The molecule has 0 atom stereocenters.